The van der Waals surface area contributed by atoms with Gasteiger partial charge >= 0.3 is 0 Å². The van der Waals surface area contributed by atoms with Gasteiger partial charge in [-0.1, -0.05) is 6.92 Å². The lowest BCUT2D eigenvalue weighted by atomic mass is 10.1. The molecule has 0 spiro atoms. The van der Waals surface area contributed by atoms with Gasteiger partial charge in [-0.2, -0.15) is 0 Å². The molecule has 2 rings (SSSR count). The number of benzene rings is 1. The minimum Gasteiger partial charge on any atom is -0.493 e. The van der Waals surface area contributed by atoms with Gasteiger partial charge in [-0.05, 0) is 36.6 Å². The molecule has 7 heteroatoms. The van der Waals surface area contributed by atoms with Crippen molar-refractivity contribution >= 4 is 17.3 Å². The first-order chi connectivity index (χ1) is 12.5. The third kappa shape index (κ3) is 4.88. The lowest BCUT2D eigenvalue weighted by Crippen LogP contribution is -2.38. The summed E-state index contributed by atoms with van der Waals surface area (Å²) in [6, 6.07) is 4.02. The van der Waals surface area contributed by atoms with E-state index in [1.165, 1.54) is 0 Å². The number of nitrogens with one attached hydrogen (secondary N) is 1. The minimum absolute atomic E-state index is 0.665. The molecule has 0 bridgehead atoms. The van der Waals surface area contributed by atoms with E-state index in [2.05, 4.69) is 39.4 Å². The molecule has 0 aliphatic rings. The molecule has 1 aromatic carbocycles. The molecule has 0 aliphatic heterocycles. The summed E-state index contributed by atoms with van der Waals surface area (Å²) in [7, 11) is 7.11. The number of guanidine groups is 1. The molecule has 2 aromatic rings. The second kappa shape index (κ2) is 9.43. The highest BCUT2D eigenvalue weighted by molar-refractivity contribution is 7.09. The van der Waals surface area contributed by atoms with Gasteiger partial charge in [0.1, 0.15) is 0 Å². The predicted octanol–water partition coefficient (Wildman–Crippen LogP) is 3.24. The average Bonchev–Trinajstić information content (AvgIpc) is 3.11. The largest absolute Gasteiger partial charge is 0.493 e. The number of rotatable bonds is 7. The number of hydrogen-bond acceptors (Lipinski definition) is 5. The zero-order valence-corrected chi connectivity index (χ0v) is 17.2. The Morgan fingerprint density at radius 3 is 2.54 bits per heavy atom. The van der Waals surface area contributed by atoms with E-state index in [1.54, 1.807) is 32.6 Å². The Morgan fingerprint density at radius 2 is 1.96 bits per heavy atom. The lowest BCUT2D eigenvalue weighted by Gasteiger charge is -2.23. The predicted molar refractivity (Wildman–Crippen MR) is 107 cm³/mol. The highest BCUT2D eigenvalue weighted by Crippen LogP contribution is 2.30. The van der Waals surface area contributed by atoms with E-state index in [-0.39, 0.29) is 0 Å². The molecule has 6 nitrogen and oxygen atoms in total. The maximum absolute atomic E-state index is 5.42. The fourth-order valence-corrected chi connectivity index (χ4v) is 3.42. The number of hydrogen-bond donors (Lipinski definition) is 1. The Bertz CT molecular complexity index is 758. The van der Waals surface area contributed by atoms with Gasteiger partial charge in [0.05, 0.1) is 31.5 Å². The summed E-state index contributed by atoms with van der Waals surface area (Å²) in [5.41, 5.74) is 3.36. The Hall–Kier alpha value is -2.28. The van der Waals surface area contributed by atoms with E-state index < -0.39 is 0 Å². The van der Waals surface area contributed by atoms with Crippen LogP contribution in [-0.2, 0) is 19.5 Å². The summed E-state index contributed by atoms with van der Waals surface area (Å²) < 4.78 is 10.8. The maximum Gasteiger partial charge on any atom is 0.194 e. The number of nitrogens with zero attached hydrogens (tertiary/aromatic N) is 3. The lowest BCUT2D eigenvalue weighted by molar-refractivity contribution is 0.353. The van der Waals surface area contributed by atoms with Crippen LogP contribution < -0.4 is 14.8 Å². The summed E-state index contributed by atoms with van der Waals surface area (Å²) in [4.78, 5) is 11.1. The normalized spacial score (nSPS) is 11.4. The fraction of sp³-hybridized carbons (Fsp3) is 0.474. The number of methoxy groups -OCH3 is 2. The first-order valence-corrected chi connectivity index (χ1v) is 9.46. The summed E-state index contributed by atoms with van der Waals surface area (Å²) in [5, 5.41) is 6.63. The SMILES string of the molecule is CCc1nc(CNC(=NC)N(C)Cc2cc(OC)c(OC)cc2C)cs1. The van der Waals surface area contributed by atoms with Crippen LogP contribution in [-0.4, -0.2) is 44.2 Å². The van der Waals surface area contributed by atoms with Crippen LogP contribution in [0.15, 0.2) is 22.5 Å². The topological polar surface area (TPSA) is 59.0 Å². The second-order valence-corrected chi connectivity index (χ2v) is 6.92. The number of ether oxygens (including phenoxy) is 2. The monoisotopic (exact) mass is 376 g/mol. The summed E-state index contributed by atoms with van der Waals surface area (Å²) in [6.07, 6.45) is 0.970. The van der Waals surface area contributed by atoms with Gasteiger partial charge in [-0.3, -0.25) is 4.99 Å². The molecule has 26 heavy (non-hydrogen) atoms. The smallest absolute Gasteiger partial charge is 0.194 e. The van der Waals surface area contributed by atoms with Crippen LogP contribution in [0.4, 0.5) is 0 Å². The molecule has 142 valence electrons. The highest BCUT2D eigenvalue weighted by atomic mass is 32.1. The Morgan fingerprint density at radius 1 is 1.27 bits per heavy atom. The van der Waals surface area contributed by atoms with Gasteiger partial charge in [0.2, 0.25) is 0 Å². The van der Waals surface area contributed by atoms with Crippen molar-refractivity contribution in [1.82, 2.24) is 15.2 Å². The zero-order valence-electron chi connectivity index (χ0n) is 16.4. The van der Waals surface area contributed by atoms with Gasteiger partial charge in [0.15, 0.2) is 17.5 Å². The number of aryl methyl sites for hydroxylation is 2. The van der Waals surface area contributed by atoms with Crippen molar-refractivity contribution in [2.45, 2.75) is 33.4 Å². The van der Waals surface area contributed by atoms with Crippen LogP contribution >= 0.6 is 11.3 Å². The first kappa shape index (κ1) is 20.0. The standard InChI is InChI=1S/C19H28N4O2S/c1-7-18-22-15(12-26-18)10-21-19(20-3)23(4)11-14-9-17(25-6)16(24-5)8-13(14)2/h8-9,12H,7,10-11H2,1-6H3,(H,20,21). The van der Waals surface area contributed by atoms with Crippen molar-refractivity contribution in [1.29, 1.82) is 0 Å². The van der Waals surface area contributed by atoms with E-state index in [0.29, 0.717) is 13.1 Å². The van der Waals surface area contributed by atoms with Crippen molar-refractivity contribution in [3.8, 4) is 11.5 Å². The quantitative estimate of drug-likeness (QED) is 0.594. The Labute approximate surface area is 159 Å². The fourth-order valence-electron chi connectivity index (χ4n) is 2.67. The molecule has 0 unspecified atom stereocenters. The molecule has 1 heterocycles. The van der Waals surface area contributed by atoms with Crippen LogP contribution in [0.3, 0.4) is 0 Å². The Kier molecular flexibility index (Phi) is 7.26. The molecule has 0 saturated heterocycles. The molecule has 0 saturated carbocycles. The van der Waals surface area contributed by atoms with Gasteiger partial charge in [0, 0.05) is 26.0 Å². The summed E-state index contributed by atoms with van der Waals surface area (Å²) >= 11 is 1.70. The van der Waals surface area contributed by atoms with Crippen LogP contribution in [0.1, 0.15) is 28.8 Å². The van der Waals surface area contributed by atoms with E-state index in [1.807, 2.05) is 19.2 Å². The van der Waals surface area contributed by atoms with Gasteiger partial charge in [0.25, 0.3) is 0 Å². The summed E-state index contributed by atoms with van der Waals surface area (Å²) in [5.74, 6) is 2.30. The van der Waals surface area contributed by atoms with E-state index in [4.69, 9.17) is 9.47 Å². The number of thiazole rings is 1. The molecular weight excluding hydrogens is 348 g/mol. The first-order valence-electron chi connectivity index (χ1n) is 8.58. The van der Waals surface area contributed by atoms with E-state index in [9.17, 15) is 0 Å². The third-order valence-electron chi connectivity index (χ3n) is 4.15. The van der Waals surface area contributed by atoms with Gasteiger partial charge in [-0.25, -0.2) is 4.98 Å². The molecule has 0 radical (unpaired) electrons. The number of aromatic nitrogens is 1. The van der Waals surface area contributed by atoms with E-state index >= 15 is 0 Å². The summed E-state index contributed by atoms with van der Waals surface area (Å²) in [6.45, 7) is 5.57. The van der Waals surface area contributed by atoms with Crippen LogP contribution in [0.25, 0.3) is 0 Å². The van der Waals surface area contributed by atoms with E-state index in [0.717, 1.165) is 45.7 Å². The second-order valence-electron chi connectivity index (χ2n) is 5.98. The molecule has 0 fully saturated rings. The van der Waals surface area contributed by atoms with Crippen molar-refractivity contribution < 1.29 is 9.47 Å². The van der Waals surface area contributed by atoms with Gasteiger partial charge in [-0.15, -0.1) is 11.3 Å². The highest BCUT2D eigenvalue weighted by Gasteiger charge is 2.13. The molecule has 1 aromatic heterocycles. The number of aliphatic imine (C=N–C) groups is 1. The van der Waals surface area contributed by atoms with Crippen LogP contribution in [0.2, 0.25) is 0 Å². The molecular formula is C19H28N4O2S. The molecule has 0 atom stereocenters. The maximum atomic E-state index is 5.42. The zero-order chi connectivity index (χ0) is 19.1. The van der Waals surface area contributed by atoms with Crippen molar-refractivity contribution in [3.63, 3.8) is 0 Å². The average molecular weight is 377 g/mol. The molecule has 0 amide bonds. The molecule has 0 aliphatic carbocycles. The molecule has 1 N–H and O–H groups in total. The van der Waals surface area contributed by atoms with Crippen LogP contribution in [0.5, 0.6) is 11.5 Å². The van der Waals surface area contributed by atoms with Crippen molar-refractivity contribution in [3.05, 3.63) is 39.3 Å². The minimum atomic E-state index is 0.665. The van der Waals surface area contributed by atoms with Crippen LogP contribution in [0, 0.1) is 6.92 Å². The third-order valence-corrected chi connectivity index (χ3v) is 5.19. The van der Waals surface area contributed by atoms with Gasteiger partial charge < -0.3 is 19.7 Å². The van der Waals surface area contributed by atoms with Crippen molar-refractivity contribution in [2.75, 3.05) is 28.3 Å². The Balaban J connectivity index is 2.05. The van der Waals surface area contributed by atoms with Crippen molar-refractivity contribution in [2.24, 2.45) is 4.99 Å².